The van der Waals surface area contributed by atoms with Crippen LogP contribution in [-0.4, -0.2) is 70.9 Å². The van der Waals surface area contributed by atoms with Crippen LogP contribution in [-0.2, 0) is 24.1 Å². The van der Waals surface area contributed by atoms with E-state index in [2.05, 4.69) is 59.3 Å². The highest BCUT2D eigenvalue weighted by Crippen LogP contribution is 2.51. The van der Waals surface area contributed by atoms with E-state index < -0.39 is 37.5 Å². The highest BCUT2D eigenvalue weighted by atomic mass is 79.9. The maximum Gasteiger partial charge on any atom is 0.396 e. The number of ether oxygens (including phenoxy) is 4. The van der Waals surface area contributed by atoms with E-state index in [-0.39, 0.29) is 42.1 Å². The first-order chi connectivity index (χ1) is 25.5. The van der Waals surface area contributed by atoms with Gasteiger partial charge in [-0.15, -0.1) is 0 Å². The van der Waals surface area contributed by atoms with Crippen LogP contribution < -0.4 is 9.47 Å². The summed E-state index contributed by atoms with van der Waals surface area (Å²) in [7, 11) is 1.59. The van der Waals surface area contributed by atoms with Crippen molar-refractivity contribution in [2.75, 3.05) is 27.4 Å². The average Bonchev–Trinajstić information content (AvgIpc) is 3.75. The van der Waals surface area contributed by atoms with Gasteiger partial charge in [-0.2, -0.15) is 5.26 Å². The summed E-state index contributed by atoms with van der Waals surface area (Å²) in [6.07, 6.45) is -0.0251. The van der Waals surface area contributed by atoms with Gasteiger partial charge in [0.2, 0.25) is 6.33 Å². The molecule has 0 spiro atoms. The number of benzene rings is 3. The molecule has 2 heterocycles. The highest BCUT2D eigenvalue weighted by molar-refractivity contribution is 9.10. The first kappa shape index (κ1) is 40.3. The molecule has 1 saturated heterocycles. The Morgan fingerprint density at radius 3 is 2.06 bits per heavy atom. The van der Waals surface area contributed by atoms with Crippen LogP contribution in [0.4, 0.5) is 5.82 Å². The number of aromatic nitrogens is 2. The average molecular weight is 811 g/mol. The number of halogens is 1. The molecule has 5 rings (SSSR count). The van der Waals surface area contributed by atoms with E-state index >= 15 is 0 Å². The van der Waals surface area contributed by atoms with Crippen molar-refractivity contribution in [2.45, 2.75) is 76.7 Å². The molecule has 1 aromatic heterocycles. The topological polar surface area (TPSA) is 143 Å². The minimum absolute atomic E-state index is 0.0489. The lowest BCUT2D eigenvalue weighted by molar-refractivity contribution is -0.390. The van der Waals surface area contributed by atoms with E-state index in [1.165, 1.54) is 6.33 Å². The maximum absolute atomic E-state index is 11.7. The number of nitriles is 1. The lowest BCUT2D eigenvalue weighted by Gasteiger charge is -2.39. The van der Waals surface area contributed by atoms with Crippen molar-refractivity contribution < 1.29 is 32.9 Å². The van der Waals surface area contributed by atoms with Crippen LogP contribution in [0.3, 0.4) is 0 Å². The molecule has 4 aromatic rings. The van der Waals surface area contributed by atoms with Crippen molar-refractivity contribution >= 4 is 30.3 Å². The Balaban J connectivity index is 1.59. The number of hydrogen-bond acceptors (Lipinski definition) is 11. The van der Waals surface area contributed by atoms with E-state index in [0.29, 0.717) is 17.9 Å². The molecule has 0 saturated carbocycles. The van der Waals surface area contributed by atoms with E-state index in [1.54, 1.807) is 18.8 Å². The summed E-state index contributed by atoms with van der Waals surface area (Å²) >= 11 is 3.37. The van der Waals surface area contributed by atoms with Crippen molar-refractivity contribution in [1.82, 2.24) is 14.2 Å². The molecule has 1 fully saturated rings. The number of methoxy groups -OCH3 is 2. The zero-order valence-electron chi connectivity index (χ0n) is 30.6. The summed E-state index contributed by atoms with van der Waals surface area (Å²) in [6, 6.07) is 27.7. The van der Waals surface area contributed by atoms with Gasteiger partial charge >= 0.3 is 5.82 Å². The molecular weight excluding hydrogens is 765 g/mol. The number of rotatable bonds is 18. The summed E-state index contributed by atoms with van der Waals surface area (Å²) in [6.45, 7) is 8.52. The van der Waals surface area contributed by atoms with Gasteiger partial charge in [0.1, 0.15) is 29.4 Å². The third-order valence-corrected chi connectivity index (χ3v) is 11.8. The van der Waals surface area contributed by atoms with Crippen LogP contribution in [0.25, 0.3) is 0 Å². The fraction of sp³-hybridized carbons (Fsp3) is 0.421. The molecule has 1 unspecified atom stereocenters. The van der Waals surface area contributed by atoms with Crippen molar-refractivity contribution in [3.05, 3.63) is 117 Å². The van der Waals surface area contributed by atoms with Crippen molar-refractivity contribution in [3.8, 4) is 17.6 Å². The van der Waals surface area contributed by atoms with Gasteiger partial charge in [0.05, 0.1) is 46.0 Å². The van der Waals surface area contributed by atoms with Crippen LogP contribution >= 0.6 is 24.5 Å². The minimum atomic E-state index is -1.66. The second kappa shape index (κ2) is 18.4. The number of hydrogen-bond donors (Lipinski definition) is 0. The van der Waals surface area contributed by atoms with Gasteiger partial charge in [-0.3, -0.25) is 4.57 Å². The predicted octanol–water partition coefficient (Wildman–Crippen LogP) is 8.53. The third kappa shape index (κ3) is 9.07. The largest absolute Gasteiger partial charge is 0.497 e. The molecule has 4 atom stereocenters. The SMILES string of the molecule is COc1ccc(C(OC[C@H]2O[C@@H](n3cnc([N+](=O)[O-])c3Br)C[C@@H]2OP(OCCC#N)N(C(C)C)C(C)C)(c2ccccc2)c2ccc(OC)cc2)cc1. The van der Waals surface area contributed by atoms with Crippen LogP contribution in [0.1, 0.15) is 63.5 Å². The van der Waals surface area contributed by atoms with E-state index in [0.717, 1.165) is 16.7 Å². The fourth-order valence-electron chi connectivity index (χ4n) is 6.48. The summed E-state index contributed by atoms with van der Waals surface area (Å²) in [5.41, 5.74) is 1.45. The monoisotopic (exact) mass is 809 g/mol. The Kier molecular flexibility index (Phi) is 14.0. The fourth-order valence-corrected chi connectivity index (χ4v) is 8.81. The third-order valence-electron chi connectivity index (χ3n) is 8.90. The van der Waals surface area contributed by atoms with Gasteiger partial charge in [-0.05, 0) is 94.5 Å². The quantitative estimate of drug-likeness (QED) is 0.0314. The van der Waals surface area contributed by atoms with Gasteiger partial charge in [0.25, 0.3) is 8.53 Å². The van der Waals surface area contributed by atoms with Crippen LogP contribution in [0.5, 0.6) is 11.5 Å². The summed E-state index contributed by atoms with van der Waals surface area (Å²) in [5.74, 6) is 1.08. The first-order valence-electron chi connectivity index (χ1n) is 17.3. The molecule has 15 heteroatoms. The molecule has 282 valence electrons. The normalized spacial score (nSPS) is 18.0. The van der Waals surface area contributed by atoms with Crippen molar-refractivity contribution in [2.24, 2.45) is 0 Å². The highest BCUT2D eigenvalue weighted by Gasteiger charge is 2.45. The second-order valence-electron chi connectivity index (χ2n) is 12.9. The Hall–Kier alpha value is -3.93. The molecule has 13 nitrogen and oxygen atoms in total. The van der Waals surface area contributed by atoms with Gasteiger partial charge in [-0.25, -0.2) is 4.67 Å². The molecule has 1 aliphatic rings. The number of imidazole rings is 1. The van der Waals surface area contributed by atoms with Gasteiger partial charge in [0, 0.05) is 18.5 Å². The standard InChI is InChI=1S/C38H45BrN5O8P/c1-26(2)43(27(3)4)53(50-22-10-21-40)52-33-23-35(42-25-41-37(36(42)39)44(45)46)51-34(33)24-49-38(28-11-8-7-9-12-28,29-13-17-31(47-5)18-14-29)30-15-19-32(48-6)20-16-30/h7-9,11-20,25-27,33-35H,10,22-24H2,1-6H3/t33-,34+,35+,53?/m0/s1. The molecule has 0 amide bonds. The molecule has 0 N–H and O–H groups in total. The molecular formula is C38H45BrN5O8P. The Bertz CT molecular complexity index is 1770. The Morgan fingerprint density at radius 2 is 1.57 bits per heavy atom. The van der Waals surface area contributed by atoms with Crippen LogP contribution in [0.2, 0.25) is 0 Å². The second-order valence-corrected chi connectivity index (χ2v) is 15.1. The lowest BCUT2D eigenvalue weighted by atomic mass is 9.80. The Labute approximate surface area is 320 Å². The van der Waals surface area contributed by atoms with Crippen molar-refractivity contribution in [3.63, 3.8) is 0 Å². The van der Waals surface area contributed by atoms with Crippen LogP contribution in [0.15, 0.2) is 89.8 Å². The molecule has 0 bridgehead atoms. The summed E-state index contributed by atoms with van der Waals surface area (Å²) in [5, 5.41) is 21.0. The summed E-state index contributed by atoms with van der Waals surface area (Å²) < 4.78 is 42.0. The minimum Gasteiger partial charge on any atom is -0.497 e. The van der Waals surface area contributed by atoms with E-state index in [1.807, 2.05) is 78.9 Å². The molecule has 0 radical (unpaired) electrons. The molecule has 53 heavy (non-hydrogen) atoms. The molecule has 3 aromatic carbocycles. The zero-order valence-corrected chi connectivity index (χ0v) is 33.1. The smallest absolute Gasteiger partial charge is 0.396 e. The lowest BCUT2D eigenvalue weighted by Crippen LogP contribution is -2.39. The van der Waals surface area contributed by atoms with Gasteiger partial charge in [-0.1, -0.05) is 54.6 Å². The number of nitro groups is 1. The Morgan fingerprint density at radius 1 is 1.00 bits per heavy atom. The van der Waals surface area contributed by atoms with E-state index in [9.17, 15) is 15.4 Å². The van der Waals surface area contributed by atoms with Gasteiger partial charge < -0.3 is 38.1 Å². The van der Waals surface area contributed by atoms with E-state index in [4.69, 9.17) is 28.0 Å². The maximum atomic E-state index is 11.7. The first-order valence-corrected chi connectivity index (χ1v) is 19.2. The summed E-state index contributed by atoms with van der Waals surface area (Å²) in [4.78, 5) is 15.2. The molecule has 1 aliphatic heterocycles. The van der Waals surface area contributed by atoms with Crippen molar-refractivity contribution in [1.29, 1.82) is 5.26 Å². The predicted molar refractivity (Wildman–Crippen MR) is 203 cm³/mol. The van der Waals surface area contributed by atoms with Gasteiger partial charge in [0.15, 0.2) is 4.60 Å². The molecule has 0 aliphatic carbocycles. The van der Waals surface area contributed by atoms with Crippen LogP contribution in [0, 0.1) is 21.4 Å². The zero-order chi connectivity index (χ0) is 38.1. The number of nitrogens with zero attached hydrogens (tertiary/aromatic N) is 5.